The molecule has 5 fully saturated rings. The van der Waals surface area contributed by atoms with E-state index in [1.165, 1.54) is 55.5 Å². The molecule has 0 amide bonds. The van der Waals surface area contributed by atoms with Gasteiger partial charge in [0.05, 0.1) is 33.6 Å². The second kappa shape index (κ2) is 20.3. The average Bonchev–Trinajstić information content (AvgIpc) is 3.01. The maximum absolute atomic E-state index is 2.71. The molecule has 40 heavy (non-hydrogen) atoms. The molecule has 0 unspecified atom stereocenters. The van der Waals surface area contributed by atoms with Crippen molar-refractivity contribution in [1.82, 2.24) is 0 Å². The van der Waals surface area contributed by atoms with Gasteiger partial charge in [-0.3, -0.25) is 0 Å². The Labute approximate surface area is 268 Å². The second-order valence-electron chi connectivity index (χ2n) is 14.6. The fourth-order valence-corrected chi connectivity index (χ4v) is 19.9. The Morgan fingerprint density at radius 1 is 0.400 bits per heavy atom. The van der Waals surface area contributed by atoms with Gasteiger partial charge in [0, 0.05) is 22.3 Å². The molecule has 0 aromatic rings. The Morgan fingerprint density at radius 3 is 1.02 bits per heavy atom. The Kier molecular flexibility index (Phi) is 18.2. The topological polar surface area (TPSA) is 0 Å². The van der Waals surface area contributed by atoms with Crippen LogP contribution in [0, 0.1) is 7.43 Å². The van der Waals surface area contributed by atoms with Gasteiger partial charge in [0.1, 0.15) is 0 Å². The average molecular weight is 683 g/mol. The first kappa shape index (κ1) is 35.7. The molecule has 0 aliphatic heterocycles. The van der Waals surface area contributed by atoms with Crippen LogP contribution in [0.25, 0.3) is 0 Å². The van der Waals surface area contributed by atoms with Crippen LogP contribution in [0.3, 0.4) is 0 Å². The molecule has 0 aromatic heterocycles. The van der Waals surface area contributed by atoms with Crippen molar-refractivity contribution in [1.29, 1.82) is 0 Å². The molecule has 6 aliphatic rings. The van der Waals surface area contributed by atoms with E-state index in [4.69, 9.17) is 0 Å². The number of hydrogen-bond acceptors (Lipinski definition) is 0. The van der Waals surface area contributed by atoms with Crippen molar-refractivity contribution in [2.24, 2.45) is 0 Å². The summed E-state index contributed by atoms with van der Waals surface area (Å²) in [4.78, 5) is 0. The standard InChI is InChI=1S/C18H33P.C18H31P.CH3.Pd.H/c2*1-4-10-16(11-5-1)19(17-12-6-2-7-13-17)18-14-8-3-9-15-18;;;/h16-18H,1-15H2;10,17-18H,1-9,11-15H2;1H3;;/q;;-1;+1;/p+2. The van der Waals surface area contributed by atoms with Gasteiger partial charge in [0.15, 0.2) is 0 Å². The summed E-state index contributed by atoms with van der Waals surface area (Å²) >= 11 is 0. The van der Waals surface area contributed by atoms with Crippen LogP contribution in [0.2, 0.25) is 0 Å². The molecular weight excluding hydrogens is 613 g/mol. The van der Waals surface area contributed by atoms with Crippen LogP contribution in [0.4, 0.5) is 0 Å². The Hall–Kier alpha value is 1.26. The summed E-state index contributed by atoms with van der Waals surface area (Å²) in [6.07, 6.45) is 47.9. The summed E-state index contributed by atoms with van der Waals surface area (Å²) in [6.45, 7) is 0. The van der Waals surface area contributed by atoms with Crippen molar-refractivity contribution < 1.29 is 20.4 Å². The molecule has 0 heterocycles. The van der Waals surface area contributed by atoms with E-state index < -0.39 is 0 Å². The maximum atomic E-state index is 2.71. The van der Waals surface area contributed by atoms with Crippen molar-refractivity contribution in [3.63, 3.8) is 0 Å². The van der Waals surface area contributed by atoms with Crippen LogP contribution >= 0.6 is 15.8 Å². The number of hydrogen-bond donors (Lipinski definition) is 0. The summed E-state index contributed by atoms with van der Waals surface area (Å²) in [6, 6.07) is 0. The zero-order chi connectivity index (χ0) is 25.8. The molecule has 0 atom stereocenters. The van der Waals surface area contributed by atoms with E-state index in [0.717, 1.165) is 11.3 Å². The third-order valence-electron chi connectivity index (χ3n) is 12.0. The van der Waals surface area contributed by atoms with E-state index in [9.17, 15) is 0 Å². The van der Waals surface area contributed by atoms with E-state index >= 15 is 0 Å². The van der Waals surface area contributed by atoms with Crippen LogP contribution in [-0.4, -0.2) is 28.3 Å². The van der Waals surface area contributed by atoms with Crippen LogP contribution in [0.1, 0.15) is 186 Å². The van der Waals surface area contributed by atoms with E-state index in [1.54, 1.807) is 148 Å². The summed E-state index contributed by atoms with van der Waals surface area (Å²) in [5, 5.41) is 2.01. The molecule has 6 aliphatic carbocycles. The molecule has 0 nitrogen and oxygen atoms in total. The van der Waals surface area contributed by atoms with Gasteiger partial charge in [-0.2, -0.15) is 0 Å². The normalized spacial score (nSPS) is 26.8. The summed E-state index contributed by atoms with van der Waals surface area (Å²) in [7, 11) is -0.232. The van der Waals surface area contributed by atoms with Gasteiger partial charge < -0.3 is 7.43 Å². The molecule has 1 radical (unpaired) electrons. The monoisotopic (exact) mass is 682 g/mol. The van der Waals surface area contributed by atoms with E-state index in [2.05, 4.69) is 6.08 Å². The van der Waals surface area contributed by atoms with Crippen molar-refractivity contribution in [3.05, 3.63) is 18.8 Å². The Morgan fingerprint density at radius 2 is 0.725 bits per heavy atom. The Bertz CT molecular complexity index is 601. The van der Waals surface area contributed by atoms with Gasteiger partial charge in [0.25, 0.3) is 0 Å². The predicted molar refractivity (Wildman–Crippen MR) is 185 cm³/mol. The van der Waals surface area contributed by atoms with Gasteiger partial charge in [-0.25, -0.2) is 0 Å². The third kappa shape index (κ3) is 10.7. The molecule has 3 heteroatoms. The van der Waals surface area contributed by atoms with E-state index in [-0.39, 0.29) is 43.7 Å². The quantitative estimate of drug-likeness (QED) is 0.149. The van der Waals surface area contributed by atoms with E-state index in [0.29, 0.717) is 0 Å². The minimum atomic E-state index is -0.185. The van der Waals surface area contributed by atoms with Crippen molar-refractivity contribution in [2.45, 2.75) is 214 Å². The van der Waals surface area contributed by atoms with E-state index in [1.807, 2.05) is 5.31 Å². The van der Waals surface area contributed by atoms with Gasteiger partial charge >= 0.3 is 20.4 Å². The molecule has 0 saturated heterocycles. The molecular formula is C37H70P2Pd+2. The van der Waals surface area contributed by atoms with Crippen molar-refractivity contribution in [2.75, 3.05) is 0 Å². The van der Waals surface area contributed by atoms with Gasteiger partial charge in [-0.05, 0) is 154 Å². The van der Waals surface area contributed by atoms with Gasteiger partial charge in [-0.15, -0.1) is 0 Å². The molecule has 0 bridgehead atoms. The first-order valence-corrected chi connectivity index (χ1v) is 21.7. The second-order valence-corrected chi connectivity index (χ2v) is 21.2. The van der Waals surface area contributed by atoms with Crippen LogP contribution in [-0.2, 0) is 20.4 Å². The van der Waals surface area contributed by atoms with Crippen LogP contribution < -0.4 is 0 Å². The summed E-state index contributed by atoms with van der Waals surface area (Å²) in [5.41, 5.74) is 6.00. The minimum absolute atomic E-state index is 0. The fourth-order valence-electron chi connectivity index (χ4n) is 10.1. The third-order valence-corrected chi connectivity index (χ3v) is 20.7. The Balaban J connectivity index is 0.000000210. The van der Waals surface area contributed by atoms with Crippen molar-refractivity contribution >= 4 is 15.8 Å². The zero-order valence-corrected chi connectivity index (χ0v) is 30.4. The molecule has 5 saturated carbocycles. The summed E-state index contributed by atoms with van der Waals surface area (Å²) in [5.74, 6) is 0. The first-order chi connectivity index (χ1) is 18.9. The molecule has 0 aromatic carbocycles. The molecule has 0 spiro atoms. The number of allylic oxidation sites excluding steroid dienone is 2. The molecule has 236 valence electrons. The summed E-state index contributed by atoms with van der Waals surface area (Å²) < 4.78 is 0. The van der Waals surface area contributed by atoms with Crippen LogP contribution in [0.5, 0.6) is 0 Å². The van der Waals surface area contributed by atoms with Gasteiger partial charge in [0.2, 0.25) is 0 Å². The predicted octanol–water partition coefficient (Wildman–Crippen LogP) is 12.7. The first-order valence-electron chi connectivity index (χ1n) is 18.3. The zero-order valence-electron chi connectivity index (χ0n) is 26.8. The van der Waals surface area contributed by atoms with Crippen LogP contribution in [0.15, 0.2) is 11.4 Å². The fraction of sp³-hybridized carbons (Fsp3) is 0.919. The van der Waals surface area contributed by atoms with Crippen molar-refractivity contribution in [3.8, 4) is 0 Å². The van der Waals surface area contributed by atoms with Gasteiger partial charge in [-0.1, -0.05) is 32.1 Å². The SMILES string of the molecule is C1=C([PH+](C2CCCCC2)C2CCCCC2)CCCC1.C1CCC([PH+](C2CCCCC2)C2CCCCC2)CC1.[CH3-].[PdH+]. The molecule has 6 rings (SSSR count). The molecule has 0 N–H and O–H groups in total. The number of rotatable bonds is 6.